The van der Waals surface area contributed by atoms with E-state index in [-0.39, 0.29) is 5.91 Å². The van der Waals surface area contributed by atoms with Gasteiger partial charge in [0.2, 0.25) is 0 Å². The zero-order valence-corrected chi connectivity index (χ0v) is 16.4. The lowest BCUT2D eigenvalue weighted by molar-refractivity contribution is 0.102. The summed E-state index contributed by atoms with van der Waals surface area (Å²) in [5.74, 6) is -0.123. The van der Waals surface area contributed by atoms with Crippen molar-refractivity contribution in [2.24, 2.45) is 0 Å². The molecule has 1 N–H and O–H groups in total. The van der Waals surface area contributed by atoms with Gasteiger partial charge in [-0.05, 0) is 61.0 Å². The zero-order valence-electron chi connectivity index (χ0n) is 14.0. The highest BCUT2D eigenvalue weighted by molar-refractivity contribution is 9.10. The van der Waals surface area contributed by atoms with Gasteiger partial charge in [-0.2, -0.15) is 0 Å². The Balaban J connectivity index is 1.60. The lowest BCUT2D eigenvalue weighted by Crippen LogP contribution is -2.12. The van der Waals surface area contributed by atoms with Crippen molar-refractivity contribution < 1.29 is 4.79 Å². The van der Waals surface area contributed by atoms with Crippen LogP contribution in [0.15, 0.2) is 71.2 Å². The lowest BCUT2D eigenvalue weighted by atomic mass is 10.1. The smallest absolute Gasteiger partial charge is 0.255 e. The number of carbonyl (C=O) groups is 1. The van der Waals surface area contributed by atoms with E-state index in [9.17, 15) is 4.79 Å². The predicted molar refractivity (Wildman–Crippen MR) is 112 cm³/mol. The Morgan fingerprint density at radius 3 is 2.65 bits per heavy atom. The van der Waals surface area contributed by atoms with Crippen molar-refractivity contribution in [1.82, 2.24) is 4.98 Å². The van der Waals surface area contributed by atoms with Gasteiger partial charge < -0.3 is 5.32 Å². The first kappa shape index (κ1) is 16.9. The molecule has 128 valence electrons. The van der Waals surface area contributed by atoms with Crippen molar-refractivity contribution in [3.63, 3.8) is 0 Å². The van der Waals surface area contributed by atoms with E-state index in [4.69, 9.17) is 4.98 Å². The van der Waals surface area contributed by atoms with Crippen molar-refractivity contribution in [3.8, 4) is 10.6 Å². The maximum atomic E-state index is 12.4. The van der Waals surface area contributed by atoms with E-state index in [1.807, 2.05) is 49.4 Å². The highest BCUT2D eigenvalue weighted by Gasteiger charge is 2.11. The Labute approximate surface area is 163 Å². The fourth-order valence-corrected chi connectivity index (χ4v) is 4.12. The van der Waals surface area contributed by atoms with Crippen LogP contribution in [0.5, 0.6) is 0 Å². The molecule has 0 atom stereocenters. The molecule has 0 bridgehead atoms. The van der Waals surface area contributed by atoms with Crippen LogP contribution < -0.4 is 5.32 Å². The maximum Gasteiger partial charge on any atom is 0.255 e. The second kappa shape index (κ2) is 7.02. The molecule has 4 rings (SSSR count). The van der Waals surface area contributed by atoms with Gasteiger partial charge >= 0.3 is 0 Å². The number of nitrogens with one attached hydrogen (secondary N) is 1. The van der Waals surface area contributed by atoms with E-state index in [1.165, 1.54) is 4.70 Å². The van der Waals surface area contributed by atoms with Crippen molar-refractivity contribution >= 4 is 49.1 Å². The highest BCUT2D eigenvalue weighted by Crippen LogP contribution is 2.32. The topological polar surface area (TPSA) is 42.0 Å². The first-order chi connectivity index (χ1) is 12.6. The van der Waals surface area contributed by atoms with Crippen LogP contribution in [0.4, 0.5) is 5.69 Å². The SMILES string of the molecule is Cc1cc(-c2nc3ccccc3s2)ccc1NC(=O)c1cccc(Br)c1. The molecule has 1 aromatic heterocycles. The van der Waals surface area contributed by atoms with Gasteiger partial charge in [0.05, 0.1) is 10.2 Å². The molecule has 0 saturated heterocycles. The van der Waals surface area contributed by atoms with Crippen LogP contribution in [-0.4, -0.2) is 10.9 Å². The average Bonchev–Trinajstić information content (AvgIpc) is 3.07. The van der Waals surface area contributed by atoms with Crippen LogP contribution >= 0.6 is 27.3 Å². The zero-order chi connectivity index (χ0) is 18.1. The Morgan fingerprint density at radius 1 is 1.04 bits per heavy atom. The summed E-state index contributed by atoms with van der Waals surface area (Å²) in [6.07, 6.45) is 0. The molecule has 1 amide bonds. The summed E-state index contributed by atoms with van der Waals surface area (Å²) in [5, 5.41) is 3.97. The van der Waals surface area contributed by atoms with Gasteiger partial charge in [-0.1, -0.05) is 34.1 Å². The third-order valence-electron chi connectivity index (χ3n) is 4.10. The van der Waals surface area contributed by atoms with Crippen LogP contribution in [0.1, 0.15) is 15.9 Å². The van der Waals surface area contributed by atoms with Gasteiger partial charge in [-0.25, -0.2) is 4.98 Å². The lowest BCUT2D eigenvalue weighted by Gasteiger charge is -2.10. The summed E-state index contributed by atoms with van der Waals surface area (Å²) in [7, 11) is 0. The van der Waals surface area contributed by atoms with E-state index in [0.717, 1.165) is 31.8 Å². The number of anilines is 1. The summed E-state index contributed by atoms with van der Waals surface area (Å²) in [6, 6.07) is 21.5. The maximum absolute atomic E-state index is 12.4. The Hall–Kier alpha value is -2.50. The van der Waals surface area contributed by atoms with E-state index in [0.29, 0.717) is 5.56 Å². The minimum absolute atomic E-state index is 0.123. The number of rotatable bonds is 3. The molecule has 0 spiro atoms. The van der Waals surface area contributed by atoms with Gasteiger partial charge in [0.1, 0.15) is 5.01 Å². The van der Waals surface area contributed by atoms with Gasteiger partial charge in [-0.15, -0.1) is 11.3 Å². The number of carbonyl (C=O) groups excluding carboxylic acids is 1. The predicted octanol–water partition coefficient (Wildman–Crippen LogP) is 6.29. The summed E-state index contributed by atoms with van der Waals surface area (Å²) in [5.41, 5.74) is 4.50. The number of para-hydroxylation sites is 1. The molecule has 3 aromatic carbocycles. The first-order valence-corrected chi connectivity index (χ1v) is 9.74. The van der Waals surface area contributed by atoms with Crippen molar-refractivity contribution in [3.05, 3.63) is 82.3 Å². The summed E-state index contributed by atoms with van der Waals surface area (Å²) < 4.78 is 2.06. The molecule has 0 aliphatic carbocycles. The average molecular weight is 423 g/mol. The summed E-state index contributed by atoms with van der Waals surface area (Å²) >= 11 is 5.07. The number of nitrogens with zero attached hydrogens (tertiary/aromatic N) is 1. The van der Waals surface area contributed by atoms with Gasteiger partial charge in [0, 0.05) is 21.3 Å². The van der Waals surface area contributed by atoms with Crippen molar-refractivity contribution in [2.75, 3.05) is 5.32 Å². The molecule has 0 saturated carbocycles. The third-order valence-corrected chi connectivity index (χ3v) is 5.68. The molecule has 5 heteroatoms. The number of hydrogen-bond donors (Lipinski definition) is 1. The van der Waals surface area contributed by atoms with E-state index in [1.54, 1.807) is 23.5 Å². The molecule has 0 fully saturated rings. The molecule has 3 nitrogen and oxygen atoms in total. The molecule has 0 aliphatic heterocycles. The Kier molecular flexibility index (Phi) is 4.57. The van der Waals surface area contributed by atoms with Crippen molar-refractivity contribution in [1.29, 1.82) is 0 Å². The van der Waals surface area contributed by atoms with Crippen LogP contribution in [-0.2, 0) is 0 Å². The number of benzene rings is 3. The molecule has 0 aliphatic rings. The molecule has 1 heterocycles. The summed E-state index contributed by atoms with van der Waals surface area (Å²) in [6.45, 7) is 1.99. The number of aryl methyl sites for hydroxylation is 1. The normalized spacial score (nSPS) is 10.8. The first-order valence-electron chi connectivity index (χ1n) is 8.14. The van der Waals surface area contributed by atoms with E-state index < -0.39 is 0 Å². The fraction of sp³-hybridized carbons (Fsp3) is 0.0476. The van der Waals surface area contributed by atoms with Gasteiger partial charge in [-0.3, -0.25) is 4.79 Å². The minimum Gasteiger partial charge on any atom is -0.322 e. The number of aromatic nitrogens is 1. The fourth-order valence-electron chi connectivity index (χ4n) is 2.76. The highest BCUT2D eigenvalue weighted by atomic mass is 79.9. The number of hydrogen-bond acceptors (Lipinski definition) is 3. The largest absolute Gasteiger partial charge is 0.322 e. The number of amides is 1. The van der Waals surface area contributed by atoms with Crippen molar-refractivity contribution in [2.45, 2.75) is 6.92 Å². The number of halogens is 1. The Bertz CT molecular complexity index is 1090. The second-order valence-electron chi connectivity index (χ2n) is 5.98. The van der Waals surface area contributed by atoms with E-state index in [2.05, 4.69) is 33.4 Å². The quantitative estimate of drug-likeness (QED) is 0.421. The minimum atomic E-state index is -0.123. The third kappa shape index (κ3) is 3.41. The Morgan fingerprint density at radius 2 is 1.88 bits per heavy atom. The van der Waals surface area contributed by atoms with Crippen LogP contribution in [0.3, 0.4) is 0 Å². The number of thiazole rings is 1. The van der Waals surface area contributed by atoms with Crippen LogP contribution in [0, 0.1) is 6.92 Å². The molecule has 4 aromatic rings. The molecule has 0 unspecified atom stereocenters. The molecule has 26 heavy (non-hydrogen) atoms. The van der Waals surface area contributed by atoms with Gasteiger partial charge in [0.15, 0.2) is 0 Å². The standard InChI is InChI=1S/C21H15BrN2OS/c1-13-11-15(21-24-18-7-2-3-8-19(18)26-21)9-10-17(13)23-20(25)14-5-4-6-16(22)12-14/h2-12H,1H3,(H,23,25). The van der Waals surface area contributed by atoms with Crippen LogP contribution in [0.2, 0.25) is 0 Å². The van der Waals surface area contributed by atoms with Crippen LogP contribution in [0.25, 0.3) is 20.8 Å². The second-order valence-corrected chi connectivity index (χ2v) is 7.93. The molecule has 0 radical (unpaired) electrons. The number of fused-ring (bicyclic) bond motifs is 1. The summed E-state index contributed by atoms with van der Waals surface area (Å²) in [4.78, 5) is 17.1. The van der Waals surface area contributed by atoms with Gasteiger partial charge in [0.25, 0.3) is 5.91 Å². The monoisotopic (exact) mass is 422 g/mol. The molecular weight excluding hydrogens is 408 g/mol. The van der Waals surface area contributed by atoms with E-state index >= 15 is 0 Å². The molecular formula is C21H15BrN2OS.